The van der Waals surface area contributed by atoms with E-state index in [2.05, 4.69) is 0 Å². The lowest BCUT2D eigenvalue weighted by Crippen LogP contribution is -2.28. The van der Waals surface area contributed by atoms with Gasteiger partial charge in [0.15, 0.2) is 0 Å². The molecule has 1 saturated carbocycles. The highest BCUT2D eigenvalue weighted by Gasteiger charge is 2.23. The van der Waals surface area contributed by atoms with Crippen molar-refractivity contribution in [3.05, 3.63) is 39.7 Å². The molecule has 2 N–H and O–H groups in total. The van der Waals surface area contributed by atoms with E-state index in [4.69, 9.17) is 5.73 Å². The third kappa shape index (κ3) is 3.29. The fraction of sp³-hybridized carbons (Fsp3) is 0.571. The molecule has 2 rings (SSSR count). The van der Waals surface area contributed by atoms with E-state index < -0.39 is 16.4 Å². The molecule has 0 radical (unpaired) electrons. The quantitative estimate of drug-likeness (QED) is 0.657. The largest absolute Gasteiger partial charge is 0.327 e. The molecule has 1 unspecified atom stereocenters. The molecule has 0 heterocycles. The summed E-state index contributed by atoms with van der Waals surface area (Å²) in [4.78, 5) is 9.98. The summed E-state index contributed by atoms with van der Waals surface area (Å²) in [6, 6.07) is 4.39. The summed E-state index contributed by atoms with van der Waals surface area (Å²) >= 11 is 0. The van der Waals surface area contributed by atoms with Crippen molar-refractivity contribution in [2.75, 3.05) is 0 Å². The number of hydrogen-bond acceptors (Lipinski definition) is 3. The number of hydrogen-bond donors (Lipinski definition) is 1. The molecule has 1 aromatic carbocycles. The van der Waals surface area contributed by atoms with Gasteiger partial charge in [0.1, 0.15) is 0 Å². The smallest absolute Gasteiger partial charge is 0.305 e. The summed E-state index contributed by atoms with van der Waals surface area (Å²) in [7, 11) is 0. The number of halogens is 1. The summed E-state index contributed by atoms with van der Waals surface area (Å²) in [6.45, 7) is 0. The van der Waals surface area contributed by atoms with Crippen LogP contribution in [0.1, 0.15) is 37.7 Å². The summed E-state index contributed by atoms with van der Waals surface area (Å²) < 4.78 is 13.9. The molecule has 0 aliphatic heterocycles. The molecule has 1 fully saturated rings. The van der Waals surface area contributed by atoms with E-state index in [-0.39, 0.29) is 6.04 Å². The zero-order valence-corrected chi connectivity index (χ0v) is 10.8. The predicted octanol–water partition coefficient (Wildman–Crippen LogP) is 3.18. The molecular weight excluding hydrogens is 247 g/mol. The van der Waals surface area contributed by atoms with Gasteiger partial charge in [0.25, 0.3) is 0 Å². The van der Waals surface area contributed by atoms with Crippen molar-refractivity contribution in [2.24, 2.45) is 11.7 Å². The highest BCUT2D eigenvalue weighted by molar-refractivity contribution is 5.36. The Balaban J connectivity index is 1.99. The maximum Gasteiger partial charge on any atom is 0.305 e. The second kappa shape index (κ2) is 6.10. The first-order chi connectivity index (χ1) is 9.09. The minimum absolute atomic E-state index is 0.0705. The Labute approximate surface area is 112 Å². The first-order valence-electron chi connectivity index (χ1n) is 6.77. The highest BCUT2D eigenvalue weighted by atomic mass is 19.1. The van der Waals surface area contributed by atoms with Crippen LogP contribution in [-0.2, 0) is 6.42 Å². The van der Waals surface area contributed by atoms with Gasteiger partial charge in [0.2, 0.25) is 5.82 Å². The Kier molecular flexibility index (Phi) is 4.47. The van der Waals surface area contributed by atoms with Gasteiger partial charge in [-0.2, -0.15) is 4.39 Å². The molecule has 0 amide bonds. The molecule has 0 saturated heterocycles. The first kappa shape index (κ1) is 13.9. The molecule has 1 aromatic rings. The lowest BCUT2D eigenvalue weighted by Gasteiger charge is -2.18. The summed E-state index contributed by atoms with van der Waals surface area (Å²) in [6.07, 6.45) is 5.90. The fourth-order valence-corrected chi connectivity index (χ4v) is 2.84. The number of nitrogens with two attached hydrogens (primary N) is 1. The number of nitrogens with zero attached hydrogens (tertiary/aromatic N) is 1. The van der Waals surface area contributed by atoms with Gasteiger partial charge in [-0.15, -0.1) is 0 Å². The fourth-order valence-electron chi connectivity index (χ4n) is 2.84. The van der Waals surface area contributed by atoms with Gasteiger partial charge >= 0.3 is 5.69 Å². The van der Waals surface area contributed by atoms with Crippen molar-refractivity contribution < 1.29 is 9.31 Å². The minimum atomic E-state index is -0.717. The van der Waals surface area contributed by atoms with Crippen LogP contribution in [0.5, 0.6) is 0 Å². The van der Waals surface area contributed by atoms with Crippen LogP contribution in [0.15, 0.2) is 18.2 Å². The second-order valence-corrected chi connectivity index (χ2v) is 5.25. The van der Waals surface area contributed by atoms with Gasteiger partial charge in [-0.3, -0.25) is 10.1 Å². The van der Waals surface area contributed by atoms with Crippen molar-refractivity contribution in [3.8, 4) is 0 Å². The summed E-state index contributed by atoms with van der Waals surface area (Å²) in [5, 5.41) is 10.7. The average Bonchev–Trinajstić information content (AvgIpc) is 2.90. The van der Waals surface area contributed by atoms with E-state index in [1.807, 2.05) is 0 Å². The van der Waals surface area contributed by atoms with E-state index in [0.29, 0.717) is 24.3 Å². The molecule has 1 aliphatic carbocycles. The first-order valence-corrected chi connectivity index (χ1v) is 6.77. The van der Waals surface area contributed by atoms with E-state index in [1.165, 1.54) is 25.0 Å². The van der Waals surface area contributed by atoms with Crippen LogP contribution < -0.4 is 5.73 Å². The van der Waals surface area contributed by atoms with Gasteiger partial charge in [0, 0.05) is 12.1 Å². The Morgan fingerprint density at radius 2 is 2.11 bits per heavy atom. The molecule has 5 heteroatoms. The van der Waals surface area contributed by atoms with Gasteiger partial charge in [-0.25, -0.2) is 0 Å². The zero-order valence-electron chi connectivity index (χ0n) is 10.8. The minimum Gasteiger partial charge on any atom is -0.327 e. The molecule has 0 spiro atoms. The Bertz CT molecular complexity index is 459. The second-order valence-electron chi connectivity index (χ2n) is 5.25. The monoisotopic (exact) mass is 266 g/mol. The van der Waals surface area contributed by atoms with E-state index >= 15 is 0 Å². The lowest BCUT2D eigenvalue weighted by atomic mass is 9.93. The van der Waals surface area contributed by atoms with E-state index in [1.54, 1.807) is 6.07 Å². The number of nitro groups is 1. The number of rotatable bonds is 5. The summed E-state index contributed by atoms with van der Waals surface area (Å²) in [5.41, 5.74) is 6.06. The summed E-state index contributed by atoms with van der Waals surface area (Å²) in [5.74, 6) is -0.187. The van der Waals surface area contributed by atoms with Crippen molar-refractivity contribution >= 4 is 5.69 Å². The van der Waals surface area contributed by atoms with Crippen LogP contribution in [0.4, 0.5) is 10.1 Å². The van der Waals surface area contributed by atoms with Crippen LogP contribution >= 0.6 is 0 Å². The Hall–Kier alpha value is -1.49. The molecule has 0 bridgehead atoms. The van der Waals surface area contributed by atoms with Crippen molar-refractivity contribution in [1.29, 1.82) is 0 Å². The topological polar surface area (TPSA) is 69.2 Å². The van der Waals surface area contributed by atoms with Crippen LogP contribution in [0.3, 0.4) is 0 Å². The normalized spacial score (nSPS) is 17.6. The maximum atomic E-state index is 13.9. The lowest BCUT2D eigenvalue weighted by molar-refractivity contribution is -0.387. The standard InChI is InChI=1S/C14H19FN2O2/c15-14-11(6-3-7-13(14)17(18)19)8-9-12(16)10-4-1-2-5-10/h3,6-7,10,12H,1-2,4-5,8-9,16H2. The van der Waals surface area contributed by atoms with Crippen molar-refractivity contribution in [1.82, 2.24) is 0 Å². The van der Waals surface area contributed by atoms with Gasteiger partial charge in [0.05, 0.1) is 4.92 Å². The van der Waals surface area contributed by atoms with Gasteiger partial charge in [-0.1, -0.05) is 25.0 Å². The molecule has 1 atom stereocenters. The van der Waals surface area contributed by atoms with Crippen LogP contribution in [0, 0.1) is 21.8 Å². The number of aryl methyl sites for hydroxylation is 1. The molecule has 104 valence electrons. The van der Waals surface area contributed by atoms with E-state index in [9.17, 15) is 14.5 Å². The molecule has 4 nitrogen and oxygen atoms in total. The number of benzene rings is 1. The molecule has 0 aromatic heterocycles. The highest BCUT2D eigenvalue weighted by Crippen LogP contribution is 2.29. The SMILES string of the molecule is NC(CCc1cccc([N+](=O)[O-])c1F)C1CCCC1. The molecular formula is C14H19FN2O2. The maximum absolute atomic E-state index is 13.9. The molecule has 19 heavy (non-hydrogen) atoms. The van der Waals surface area contributed by atoms with Crippen LogP contribution in [0.2, 0.25) is 0 Å². The van der Waals surface area contributed by atoms with E-state index in [0.717, 1.165) is 12.8 Å². The Morgan fingerprint density at radius 3 is 2.74 bits per heavy atom. The van der Waals surface area contributed by atoms with Gasteiger partial charge < -0.3 is 5.73 Å². The van der Waals surface area contributed by atoms with Crippen LogP contribution in [0.25, 0.3) is 0 Å². The Morgan fingerprint density at radius 1 is 1.42 bits per heavy atom. The number of nitro benzene ring substituents is 1. The predicted molar refractivity (Wildman–Crippen MR) is 71.3 cm³/mol. The van der Waals surface area contributed by atoms with Crippen molar-refractivity contribution in [3.63, 3.8) is 0 Å². The molecule has 1 aliphatic rings. The average molecular weight is 266 g/mol. The zero-order chi connectivity index (χ0) is 13.8. The third-order valence-electron chi connectivity index (χ3n) is 4.01. The third-order valence-corrected chi connectivity index (χ3v) is 4.01. The van der Waals surface area contributed by atoms with Gasteiger partial charge in [-0.05, 0) is 37.2 Å². The van der Waals surface area contributed by atoms with Crippen molar-refractivity contribution in [2.45, 2.75) is 44.6 Å². The van der Waals surface area contributed by atoms with Crippen LogP contribution in [-0.4, -0.2) is 11.0 Å².